The van der Waals surface area contributed by atoms with Crippen molar-refractivity contribution < 1.29 is 9.32 Å². The van der Waals surface area contributed by atoms with Gasteiger partial charge in [0.25, 0.3) is 11.7 Å². The molecule has 6 heteroatoms. The Hall–Kier alpha value is -1.43. The van der Waals surface area contributed by atoms with Crippen LogP contribution in [0.15, 0.2) is 4.52 Å². The number of carbonyl (C=O) groups is 1. The van der Waals surface area contributed by atoms with Crippen LogP contribution in [0, 0.1) is 5.92 Å². The van der Waals surface area contributed by atoms with E-state index in [4.69, 9.17) is 4.52 Å². The highest BCUT2D eigenvalue weighted by atomic mass is 16.5. The second kappa shape index (κ2) is 5.91. The van der Waals surface area contributed by atoms with Crippen molar-refractivity contribution >= 4 is 5.91 Å². The van der Waals surface area contributed by atoms with Crippen molar-refractivity contribution in [2.75, 3.05) is 19.6 Å². The Labute approximate surface area is 118 Å². The number of hydrogen-bond donors (Lipinski definition) is 1. The smallest absolute Gasteiger partial charge is 0.295 e. The van der Waals surface area contributed by atoms with Crippen LogP contribution in [-0.4, -0.2) is 40.6 Å². The molecule has 1 aliphatic heterocycles. The summed E-state index contributed by atoms with van der Waals surface area (Å²) in [5, 5.41) is 7.17. The minimum Gasteiger partial charge on any atom is -0.337 e. The van der Waals surface area contributed by atoms with Gasteiger partial charge >= 0.3 is 0 Å². The molecule has 1 atom stereocenters. The number of aromatic nitrogens is 2. The van der Waals surface area contributed by atoms with Gasteiger partial charge in [0.1, 0.15) is 0 Å². The van der Waals surface area contributed by atoms with Crippen molar-refractivity contribution in [2.24, 2.45) is 5.92 Å². The molecule has 1 saturated carbocycles. The number of hydrogen-bond acceptors (Lipinski definition) is 5. The van der Waals surface area contributed by atoms with E-state index in [1.165, 1.54) is 12.8 Å². The fourth-order valence-corrected chi connectivity index (χ4v) is 2.66. The molecule has 1 aromatic heterocycles. The van der Waals surface area contributed by atoms with E-state index in [9.17, 15) is 4.79 Å². The lowest BCUT2D eigenvalue weighted by Gasteiger charge is -2.19. The minimum atomic E-state index is -0.0910. The van der Waals surface area contributed by atoms with Crippen molar-refractivity contribution in [3.8, 4) is 0 Å². The van der Waals surface area contributed by atoms with Crippen LogP contribution >= 0.6 is 0 Å². The second-order valence-electron chi connectivity index (χ2n) is 5.80. The van der Waals surface area contributed by atoms with Crippen LogP contribution in [0.1, 0.15) is 61.6 Å². The lowest BCUT2D eigenvalue weighted by atomic mass is 10.2. The van der Waals surface area contributed by atoms with Crippen molar-refractivity contribution in [1.82, 2.24) is 20.4 Å². The maximum Gasteiger partial charge on any atom is 0.295 e. The Bertz CT molecular complexity index is 463. The molecule has 1 amide bonds. The first-order valence-corrected chi connectivity index (χ1v) is 7.64. The van der Waals surface area contributed by atoms with Crippen LogP contribution < -0.4 is 5.32 Å². The standard InChI is InChI=1S/C14H22N4O2/c1-2-8-18(9-10-5-6-10)14(19)12-16-13(20-17-12)11-4-3-7-15-11/h10-11,15H,2-9H2,1H3. The lowest BCUT2D eigenvalue weighted by molar-refractivity contribution is 0.0732. The zero-order valence-corrected chi connectivity index (χ0v) is 12.0. The Balaban J connectivity index is 1.67. The molecular formula is C14H22N4O2. The van der Waals surface area contributed by atoms with E-state index in [1.54, 1.807) is 0 Å². The van der Waals surface area contributed by atoms with Gasteiger partial charge < -0.3 is 14.7 Å². The summed E-state index contributed by atoms with van der Waals surface area (Å²) in [5.74, 6) is 1.34. The zero-order chi connectivity index (χ0) is 13.9. The molecule has 1 aromatic rings. The van der Waals surface area contributed by atoms with E-state index in [1.807, 2.05) is 4.90 Å². The normalized spacial score (nSPS) is 22.1. The van der Waals surface area contributed by atoms with Crippen LogP contribution in [0.4, 0.5) is 0 Å². The largest absolute Gasteiger partial charge is 0.337 e. The number of carbonyl (C=O) groups excluding carboxylic acids is 1. The molecule has 2 fully saturated rings. The highest BCUT2D eigenvalue weighted by Crippen LogP contribution is 2.30. The fraction of sp³-hybridized carbons (Fsp3) is 0.786. The Morgan fingerprint density at radius 3 is 2.95 bits per heavy atom. The zero-order valence-electron chi connectivity index (χ0n) is 12.0. The quantitative estimate of drug-likeness (QED) is 0.858. The van der Waals surface area contributed by atoms with Gasteiger partial charge in [-0.25, -0.2) is 0 Å². The Morgan fingerprint density at radius 2 is 2.30 bits per heavy atom. The molecule has 3 rings (SSSR count). The van der Waals surface area contributed by atoms with Crippen molar-refractivity contribution in [1.29, 1.82) is 0 Å². The predicted octanol–water partition coefficient (Wildman–Crippen LogP) is 1.76. The van der Waals surface area contributed by atoms with Crippen LogP contribution in [-0.2, 0) is 0 Å². The van der Waals surface area contributed by atoms with E-state index in [0.29, 0.717) is 11.8 Å². The first-order chi connectivity index (χ1) is 9.78. The summed E-state index contributed by atoms with van der Waals surface area (Å²) in [4.78, 5) is 18.6. The first-order valence-electron chi connectivity index (χ1n) is 7.64. The van der Waals surface area contributed by atoms with Gasteiger partial charge in [-0.1, -0.05) is 12.1 Å². The van der Waals surface area contributed by atoms with E-state index in [-0.39, 0.29) is 17.8 Å². The molecule has 2 heterocycles. The average Bonchev–Trinajstić information content (AvgIpc) is 2.97. The molecule has 0 aromatic carbocycles. The molecule has 1 unspecified atom stereocenters. The van der Waals surface area contributed by atoms with E-state index >= 15 is 0 Å². The molecular weight excluding hydrogens is 256 g/mol. The third-order valence-electron chi connectivity index (χ3n) is 3.95. The highest BCUT2D eigenvalue weighted by Gasteiger charge is 2.30. The molecule has 110 valence electrons. The monoisotopic (exact) mass is 278 g/mol. The molecule has 2 aliphatic rings. The fourth-order valence-electron chi connectivity index (χ4n) is 2.66. The summed E-state index contributed by atoms with van der Waals surface area (Å²) in [7, 11) is 0. The molecule has 1 saturated heterocycles. The third-order valence-corrected chi connectivity index (χ3v) is 3.95. The van der Waals surface area contributed by atoms with Crippen molar-refractivity contribution in [2.45, 2.75) is 45.1 Å². The Morgan fingerprint density at radius 1 is 1.45 bits per heavy atom. The molecule has 0 radical (unpaired) electrons. The van der Waals surface area contributed by atoms with Crippen molar-refractivity contribution in [3.63, 3.8) is 0 Å². The summed E-state index contributed by atoms with van der Waals surface area (Å²) < 4.78 is 5.25. The van der Waals surface area contributed by atoms with Crippen LogP contribution in [0.5, 0.6) is 0 Å². The SMILES string of the molecule is CCCN(CC1CC1)C(=O)c1noc(C2CCCN2)n1. The van der Waals surface area contributed by atoms with Crippen LogP contribution in [0.3, 0.4) is 0 Å². The molecule has 0 spiro atoms. The van der Waals surface area contributed by atoms with Gasteiger partial charge in [0, 0.05) is 13.1 Å². The molecule has 6 nitrogen and oxygen atoms in total. The third kappa shape index (κ3) is 3.00. The summed E-state index contributed by atoms with van der Waals surface area (Å²) in [6.45, 7) is 4.65. The summed E-state index contributed by atoms with van der Waals surface area (Å²) in [6.07, 6.45) is 5.53. The molecule has 1 N–H and O–H groups in total. The van der Waals surface area contributed by atoms with Gasteiger partial charge in [-0.15, -0.1) is 0 Å². The predicted molar refractivity (Wildman–Crippen MR) is 73.2 cm³/mol. The summed E-state index contributed by atoms with van der Waals surface area (Å²) >= 11 is 0. The van der Waals surface area contributed by atoms with Gasteiger partial charge in [0.05, 0.1) is 6.04 Å². The second-order valence-corrected chi connectivity index (χ2v) is 5.80. The molecule has 20 heavy (non-hydrogen) atoms. The number of rotatable bonds is 6. The summed E-state index contributed by atoms with van der Waals surface area (Å²) in [5.41, 5.74) is 0. The number of nitrogens with zero attached hydrogens (tertiary/aromatic N) is 3. The van der Waals surface area contributed by atoms with E-state index in [0.717, 1.165) is 38.9 Å². The topological polar surface area (TPSA) is 71.3 Å². The van der Waals surface area contributed by atoms with E-state index < -0.39 is 0 Å². The van der Waals surface area contributed by atoms with E-state index in [2.05, 4.69) is 22.4 Å². The lowest BCUT2D eigenvalue weighted by Crippen LogP contribution is -2.34. The molecule has 0 bridgehead atoms. The van der Waals surface area contributed by atoms with Crippen molar-refractivity contribution in [3.05, 3.63) is 11.7 Å². The van der Waals surface area contributed by atoms with Gasteiger partial charge in [-0.2, -0.15) is 4.98 Å². The van der Waals surface area contributed by atoms with Gasteiger partial charge in [-0.3, -0.25) is 4.79 Å². The highest BCUT2D eigenvalue weighted by molar-refractivity contribution is 5.90. The molecule has 1 aliphatic carbocycles. The minimum absolute atomic E-state index is 0.0910. The maximum absolute atomic E-state index is 12.4. The van der Waals surface area contributed by atoms with Gasteiger partial charge in [-0.05, 0) is 44.6 Å². The van der Waals surface area contributed by atoms with Gasteiger partial charge in [0.15, 0.2) is 0 Å². The van der Waals surface area contributed by atoms with Crippen LogP contribution in [0.2, 0.25) is 0 Å². The Kier molecular flexibility index (Phi) is 4.00. The van der Waals surface area contributed by atoms with Crippen LogP contribution in [0.25, 0.3) is 0 Å². The first kappa shape index (κ1) is 13.5. The van der Waals surface area contributed by atoms with Gasteiger partial charge in [0.2, 0.25) is 5.89 Å². The average molecular weight is 278 g/mol. The summed E-state index contributed by atoms with van der Waals surface area (Å²) in [6, 6.07) is 0.118. The number of nitrogens with one attached hydrogen (secondary N) is 1. The number of amides is 1. The maximum atomic E-state index is 12.4.